The molecule has 0 bridgehead atoms. The molecule has 0 amide bonds. The van der Waals surface area contributed by atoms with Gasteiger partial charge >= 0.3 is 0 Å². The largest absolute Gasteiger partial charge is 0.350 e. The minimum Gasteiger partial charge on any atom is -0.350 e. The first-order valence-corrected chi connectivity index (χ1v) is 10.1. The molecule has 0 saturated heterocycles. The van der Waals surface area contributed by atoms with E-state index in [9.17, 15) is 0 Å². The predicted octanol–water partition coefficient (Wildman–Crippen LogP) is 5.04. The van der Waals surface area contributed by atoms with Gasteiger partial charge in [0.1, 0.15) is 5.82 Å². The van der Waals surface area contributed by atoms with Gasteiger partial charge in [0.2, 0.25) is 0 Å². The van der Waals surface area contributed by atoms with Gasteiger partial charge in [-0.05, 0) is 37.1 Å². The first-order valence-electron chi connectivity index (χ1n) is 9.32. The zero-order valence-electron chi connectivity index (χ0n) is 17.1. The van der Waals surface area contributed by atoms with Crippen LogP contribution in [0.1, 0.15) is 35.7 Å². The lowest BCUT2D eigenvalue weighted by molar-refractivity contribution is 0.664. The third kappa shape index (κ3) is 6.58. The number of nitrogens with one attached hydrogen (secondary N) is 2. The Morgan fingerprint density at radius 3 is 2.50 bits per heavy atom. The smallest absolute Gasteiger partial charge is 0.192 e. The third-order valence-electron chi connectivity index (χ3n) is 4.67. The standard InChI is InChI=1S/C21H24Cl2N6.HI/c1-14(16-7-5-4-6-8-16)26-21(25-13-20-28-27-15(2)29(20)3)24-12-17-9-10-18(22)11-19(17)23;/h4-11,14H,12-13H2,1-3H3,(H2,24,25,26);1H. The zero-order valence-corrected chi connectivity index (χ0v) is 20.9. The maximum atomic E-state index is 6.29. The van der Waals surface area contributed by atoms with Gasteiger partial charge < -0.3 is 15.2 Å². The van der Waals surface area contributed by atoms with Gasteiger partial charge in [0.25, 0.3) is 0 Å². The van der Waals surface area contributed by atoms with E-state index in [1.165, 1.54) is 5.56 Å². The van der Waals surface area contributed by atoms with E-state index in [1.807, 2.05) is 48.9 Å². The number of aliphatic imine (C=N–C) groups is 1. The average molecular weight is 559 g/mol. The summed E-state index contributed by atoms with van der Waals surface area (Å²) < 4.78 is 1.95. The Labute approximate surface area is 204 Å². The summed E-state index contributed by atoms with van der Waals surface area (Å²) in [5, 5.41) is 16.3. The van der Waals surface area contributed by atoms with E-state index >= 15 is 0 Å². The first-order chi connectivity index (χ1) is 13.9. The van der Waals surface area contributed by atoms with Crippen LogP contribution < -0.4 is 10.6 Å². The van der Waals surface area contributed by atoms with Crippen LogP contribution in [0.15, 0.2) is 53.5 Å². The van der Waals surface area contributed by atoms with Crippen molar-refractivity contribution in [3.63, 3.8) is 0 Å². The number of hydrogen-bond acceptors (Lipinski definition) is 3. The monoisotopic (exact) mass is 558 g/mol. The van der Waals surface area contributed by atoms with Crippen molar-refractivity contribution in [2.45, 2.75) is 33.0 Å². The summed E-state index contributed by atoms with van der Waals surface area (Å²) in [5.41, 5.74) is 2.07. The molecule has 160 valence electrons. The lowest BCUT2D eigenvalue weighted by Gasteiger charge is -2.19. The molecule has 1 aromatic heterocycles. The number of benzene rings is 2. The summed E-state index contributed by atoms with van der Waals surface area (Å²) >= 11 is 12.3. The van der Waals surface area contributed by atoms with Gasteiger partial charge in [-0.2, -0.15) is 0 Å². The molecule has 0 fully saturated rings. The molecule has 3 aromatic rings. The van der Waals surface area contributed by atoms with Gasteiger partial charge in [0.15, 0.2) is 11.8 Å². The van der Waals surface area contributed by atoms with Crippen molar-refractivity contribution < 1.29 is 0 Å². The summed E-state index contributed by atoms with van der Waals surface area (Å²) in [4.78, 5) is 4.71. The molecule has 2 aromatic carbocycles. The van der Waals surface area contributed by atoms with Crippen LogP contribution >= 0.6 is 47.2 Å². The second-order valence-electron chi connectivity index (χ2n) is 6.75. The summed E-state index contributed by atoms with van der Waals surface area (Å²) in [6, 6.07) is 15.7. The fourth-order valence-corrected chi connectivity index (χ4v) is 3.23. The van der Waals surface area contributed by atoms with Crippen LogP contribution in [0, 0.1) is 6.92 Å². The molecule has 9 heteroatoms. The Balaban J connectivity index is 0.00000320. The van der Waals surface area contributed by atoms with Crippen LogP contribution in [-0.4, -0.2) is 20.7 Å². The topological polar surface area (TPSA) is 67.1 Å². The Morgan fingerprint density at radius 1 is 1.13 bits per heavy atom. The molecule has 1 unspecified atom stereocenters. The van der Waals surface area contributed by atoms with E-state index in [1.54, 1.807) is 6.07 Å². The second-order valence-corrected chi connectivity index (χ2v) is 7.60. The molecule has 0 aliphatic rings. The molecule has 1 heterocycles. The average Bonchev–Trinajstić information content (AvgIpc) is 3.03. The zero-order chi connectivity index (χ0) is 20.8. The Bertz CT molecular complexity index is 990. The maximum Gasteiger partial charge on any atom is 0.192 e. The van der Waals surface area contributed by atoms with Crippen molar-refractivity contribution >= 4 is 53.1 Å². The van der Waals surface area contributed by atoms with E-state index in [0.29, 0.717) is 29.1 Å². The molecule has 3 rings (SSSR count). The van der Waals surface area contributed by atoms with Crippen molar-refractivity contribution in [2.24, 2.45) is 12.0 Å². The molecular weight excluding hydrogens is 534 g/mol. The molecule has 0 aliphatic carbocycles. The van der Waals surface area contributed by atoms with E-state index in [2.05, 4.69) is 39.9 Å². The van der Waals surface area contributed by atoms with Crippen molar-refractivity contribution in [3.8, 4) is 0 Å². The summed E-state index contributed by atoms with van der Waals surface area (Å²) in [6.45, 7) is 4.93. The Kier molecular flexibility index (Phi) is 9.38. The van der Waals surface area contributed by atoms with Crippen LogP contribution in [0.4, 0.5) is 0 Å². The van der Waals surface area contributed by atoms with Crippen molar-refractivity contribution in [1.29, 1.82) is 0 Å². The van der Waals surface area contributed by atoms with Crippen LogP contribution in [-0.2, 0) is 20.1 Å². The number of nitrogens with zero attached hydrogens (tertiary/aromatic N) is 4. The normalized spacial score (nSPS) is 12.2. The number of hydrogen-bond donors (Lipinski definition) is 2. The molecule has 6 nitrogen and oxygen atoms in total. The Morgan fingerprint density at radius 2 is 1.87 bits per heavy atom. The van der Waals surface area contributed by atoms with Crippen molar-refractivity contribution in [3.05, 3.63) is 81.4 Å². The SMILES string of the molecule is Cc1nnc(CNC(=NCc2ccc(Cl)cc2Cl)NC(C)c2ccccc2)n1C.I. The van der Waals surface area contributed by atoms with Gasteiger partial charge in [-0.15, -0.1) is 34.2 Å². The van der Waals surface area contributed by atoms with E-state index < -0.39 is 0 Å². The lowest BCUT2D eigenvalue weighted by atomic mass is 10.1. The highest BCUT2D eigenvalue weighted by atomic mass is 127. The lowest BCUT2D eigenvalue weighted by Crippen LogP contribution is -2.39. The first kappa shape index (κ1) is 24.4. The molecule has 1 atom stereocenters. The maximum absolute atomic E-state index is 6.29. The van der Waals surface area contributed by atoms with E-state index in [-0.39, 0.29) is 30.0 Å². The molecule has 0 aliphatic heterocycles. The fourth-order valence-electron chi connectivity index (χ4n) is 2.76. The molecular formula is C21H25Cl2IN6. The number of aryl methyl sites for hydroxylation is 1. The molecule has 0 saturated carbocycles. The van der Waals surface area contributed by atoms with E-state index in [4.69, 9.17) is 28.2 Å². The second kappa shape index (κ2) is 11.5. The summed E-state index contributed by atoms with van der Waals surface area (Å²) in [5.74, 6) is 2.35. The Hall–Kier alpha value is -1.84. The predicted molar refractivity (Wildman–Crippen MR) is 134 cm³/mol. The minimum atomic E-state index is 0. The highest BCUT2D eigenvalue weighted by Gasteiger charge is 2.11. The van der Waals surface area contributed by atoms with Gasteiger partial charge in [0, 0.05) is 17.1 Å². The van der Waals surface area contributed by atoms with Gasteiger partial charge in [-0.25, -0.2) is 4.99 Å². The van der Waals surface area contributed by atoms with Crippen LogP contribution in [0.3, 0.4) is 0 Å². The van der Waals surface area contributed by atoms with Crippen LogP contribution in [0.5, 0.6) is 0 Å². The molecule has 30 heavy (non-hydrogen) atoms. The third-order valence-corrected chi connectivity index (χ3v) is 5.26. The number of guanidine groups is 1. The van der Waals surface area contributed by atoms with Gasteiger partial charge in [-0.3, -0.25) is 0 Å². The summed E-state index contributed by atoms with van der Waals surface area (Å²) in [7, 11) is 1.94. The highest BCUT2D eigenvalue weighted by molar-refractivity contribution is 14.0. The highest BCUT2D eigenvalue weighted by Crippen LogP contribution is 2.21. The molecule has 2 N–H and O–H groups in total. The van der Waals surface area contributed by atoms with Crippen LogP contribution in [0.25, 0.3) is 0 Å². The van der Waals surface area contributed by atoms with E-state index in [0.717, 1.165) is 17.2 Å². The number of aromatic nitrogens is 3. The van der Waals surface area contributed by atoms with Gasteiger partial charge in [-0.1, -0.05) is 59.6 Å². The van der Waals surface area contributed by atoms with Crippen molar-refractivity contribution in [1.82, 2.24) is 25.4 Å². The summed E-state index contributed by atoms with van der Waals surface area (Å²) in [6.07, 6.45) is 0. The van der Waals surface area contributed by atoms with Crippen LogP contribution in [0.2, 0.25) is 10.0 Å². The molecule has 0 radical (unpaired) electrons. The van der Waals surface area contributed by atoms with Gasteiger partial charge in [0.05, 0.1) is 19.1 Å². The quantitative estimate of drug-likeness (QED) is 0.252. The minimum absolute atomic E-state index is 0. The number of halogens is 3. The number of rotatable bonds is 6. The molecule has 0 spiro atoms. The van der Waals surface area contributed by atoms with Crippen molar-refractivity contribution in [2.75, 3.05) is 0 Å². The fraction of sp³-hybridized carbons (Fsp3) is 0.286.